The summed E-state index contributed by atoms with van der Waals surface area (Å²) in [6.45, 7) is 0. The molecule has 3 aromatic carbocycles. The highest BCUT2D eigenvalue weighted by Crippen LogP contribution is 2.30. The third-order valence-electron chi connectivity index (χ3n) is 4.14. The van der Waals surface area contributed by atoms with E-state index < -0.39 is 27.4 Å². The van der Waals surface area contributed by atoms with E-state index in [-0.39, 0.29) is 28.1 Å². The molecule has 160 valence electrons. The van der Waals surface area contributed by atoms with Gasteiger partial charge in [0.05, 0.1) is 21.6 Å². The van der Waals surface area contributed by atoms with Crippen molar-refractivity contribution in [2.24, 2.45) is 5.10 Å². The molecule has 3 rings (SSSR count). The lowest BCUT2D eigenvalue weighted by Gasteiger charge is -2.08. The molecule has 0 spiro atoms. The molecule has 1 amide bonds. The number of nitro benzene ring substituents is 2. The van der Waals surface area contributed by atoms with Gasteiger partial charge >= 0.3 is 11.7 Å². The first kappa shape index (κ1) is 21.8. The van der Waals surface area contributed by atoms with Gasteiger partial charge in [-0.1, -0.05) is 24.3 Å². The van der Waals surface area contributed by atoms with Crippen molar-refractivity contribution in [3.63, 3.8) is 0 Å². The lowest BCUT2D eigenvalue weighted by molar-refractivity contribution is -0.385. The molecule has 0 bridgehead atoms. The van der Waals surface area contributed by atoms with Crippen LogP contribution in [0.2, 0.25) is 0 Å². The molecule has 3 aromatic rings. The Kier molecular flexibility index (Phi) is 6.61. The number of benzene rings is 3. The molecule has 0 saturated carbocycles. The van der Waals surface area contributed by atoms with Gasteiger partial charge in [0, 0.05) is 29.3 Å². The van der Waals surface area contributed by atoms with Gasteiger partial charge in [-0.15, -0.1) is 0 Å². The molecule has 0 aliphatic heterocycles. The zero-order valence-corrected chi connectivity index (χ0v) is 16.2. The van der Waals surface area contributed by atoms with Gasteiger partial charge < -0.3 is 4.74 Å². The molecule has 0 aliphatic carbocycles. The molecule has 11 heteroatoms. The first-order valence-electron chi connectivity index (χ1n) is 8.99. The van der Waals surface area contributed by atoms with Gasteiger partial charge in [-0.3, -0.25) is 25.0 Å². The van der Waals surface area contributed by atoms with Gasteiger partial charge in [0.2, 0.25) is 5.75 Å². The van der Waals surface area contributed by atoms with Crippen molar-refractivity contribution in [2.75, 3.05) is 0 Å². The lowest BCUT2D eigenvalue weighted by atomic mass is 10.2. The zero-order chi connectivity index (χ0) is 23.1. The van der Waals surface area contributed by atoms with Gasteiger partial charge in [-0.2, -0.15) is 5.10 Å². The Balaban J connectivity index is 1.81. The Hall–Kier alpha value is -4.93. The van der Waals surface area contributed by atoms with Crippen molar-refractivity contribution in [3.8, 4) is 5.75 Å². The maximum absolute atomic E-state index is 12.4. The van der Waals surface area contributed by atoms with Crippen molar-refractivity contribution in [1.29, 1.82) is 0 Å². The molecule has 32 heavy (non-hydrogen) atoms. The summed E-state index contributed by atoms with van der Waals surface area (Å²) in [6.07, 6.45) is 1.09. The molecule has 0 heterocycles. The van der Waals surface area contributed by atoms with Crippen LogP contribution in [0.3, 0.4) is 0 Å². The van der Waals surface area contributed by atoms with Crippen LogP contribution in [0.1, 0.15) is 26.3 Å². The number of nitrogens with zero attached hydrogens (tertiary/aromatic N) is 3. The number of hydrogen-bond acceptors (Lipinski definition) is 8. The van der Waals surface area contributed by atoms with Crippen LogP contribution in [0, 0.1) is 20.2 Å². The highest BCUT2D eigenvalue weighted by molar-refractivity contribution is 5.96. The number of nitro groups is 2. The summed E-state index contributed by atoms with van der Waals surface area (Å²) in [7, 11) is 0. The van der Waals surface area contributed by atoms with Crippen molar-refractivity contribution in [2.45, 2.75) is 0 Å². The monoisotopic (exact) mass is 434 g/mol. The Labute approximate surface area is 180 Å². The summed E-state index contributed by atoms with van der Waals surface area (Å²) in [4.78, 5) is 45.3. The zero-order valence-electron chi connectivity index (χ0n) is 16.2. The second-order valence-corrected chi connectivity index (χ2v) is 6.21. The largest absolute Gasteiger partial charge is 0.415 e. The van der Waals surface area contributed by atoms with Crippen molar-refractivity contribution in [1.82, 2.24) is 5.43 Å². The van der Waals surface area contributed by atoms with E-state index >= 15 is 0 Å². The number of carbonyl (C=O) groups excluding carboxylic acids is 2. The van der Waals surface area contributed by atoms with E-state index in [2.05, 4.69) is 10.5 Å². The van der Waals surface area contributed by atoms with Gasteiger partial charge in [-0.05, 0) is 30.3 Å². The summed E-state index contributed by atoms with van der Waals surface area (Å²) < 4.78 is 5.25. The second kappa shape index (κ2) is 9.71. The van der Waals surface area contributed by atoms with Crippen LogP contribution >= 0.6 is 0 Å². The second-order valence-electron chi connectivity index (χ2n) is 6.21. The number of non-ortho nitro benzene ring substituents is 1. The number of ether oxygens (including phenoxy) is 1. The molecule has 11 nitrogen and oxygen atoms in total. The fourth-order valence-electron chi connectivity index (χ4n) is 2.58. The van der Waals surface area contributed by atoms with E-state index in [0.717, 1.165) is 6.21 Å². The Morgan fingerprint density at radius 2 is 1.53 bits per heavy atom. The molecule has 1 N–H and O–H groups in total. The quantitative estimate of drug-likeness (QED) is 0.196. The number of nitrogens with one attached hydrogen (secondary N) is 1. The average Bonchev–Trinajstić information content (AvgIpc) is 2.80. The van der Waals surface area contributed by atoms with Crippen LogP contribution in [0.25, 0.3) is 0 Å². The number of hydrazone groups is 1. The SMILES string of the molecule is O=C(N/N=C/c1cccc([N+](=O)[O-])c1OC(=O)c1ccccc1)c1ccc([N+](=O)[O-])cc1. The number of carbonyl (C=O) groups is 2. The van der Waals surface area contributed by atoms with Gasteiger partial charge in [-0.25, -0.2) is 10.2 Å². The maximum Gasteiger partial charge on any atom is 0.343 e. The van der Waals surface area contributed by atoms with Crippen molar-refractivity contribution in [3.05, 3.63) is 110 Å². The highest BCUT2D eigenvalue weighted by Gasteiger charge is 2.22. The van der Waals surface area contributed by atoms with E-state index in [1.165, 1.54) is 54.6 Å². The number of amides is 1. The van der Waals surface area contributed by atoms with Crippen LogP contribution in [0.5, 0.6) is 5.75 Å². The molecular formula is C21H14N4O7. The van der Waals surface area contributed by atoms with Crippen LogP contribution in [0.15, 0.2) is 77.9 Å². The third-order valence-corrected chi connectivity index (χ3v) is 4.14. The van der Waals surface area contributed by atoms with E-state index in [9.17, 15) is 29.8 Å². The minimum atomic E-state index is -0.801. The average molecular weight is 434 g/mol. The standard InChI is InChI=1S/C21H14N4O7/c26-20(14-9-11-17(12-10-14)24(28)29)23-22-13-16-7-4-8-18(25(30)31)19(16)32-21(27)15-5-2-1-3-6-15/h1-13H,(H,23,26)/b22-13+. The summed E-state index contributed by atoms with van der Waals surface area (Å²) in [5.41, 5.74) is 1.96. The van der Waals surface area contributed by atoms with E-state index in [1.54, 1.807) is 18.2 Å². The smallest absolute Gasteiger partial charge is 0.343 e. The Morgan fingerprint density at radius 3 is 2.16 bits per heavy atom. The van der Waals surface area contributed by atoms with Gasteiger partial charge in [0.1, 0.15) is 0 Å². The molecule has 0 saturated heterocycles. The fourth-order valence-corrected chi connectivity index (χ4v) is 2.58. The molecule has 0 aromatic heterocycles. The maximum atomic E-state index is 12.4. The Morgan fingerprint density at radius 1 is 0.844 bits per heavy atom. The highest BCUT2D eigenvalue weighted by atomic mass is 16.6. The van der Waals surface area contributed by atoms with Crippen LogP contribution in [-0.2, 0) is 0 Å². The number of rotatable bonds is 7. The number of esters is 1. The van der Waals surface area contributed by atoms with E-state index in [4.69, 9.17) is 4.74 Å². The van der Waals surface area contributed by atoms with Gasteiger partial charge in [0.25, 0.3) is 11.6 Å². The van der Waals surface area contributed by atoms with E-state index in [0.29, 0.717) is 0 Å². The predicted octanol–water partition coefficient (Wildman–Crippen LogP) is 3.49. The number of hydrogen-bond donors (Lipinski definition) is 1. The van der Waals surface area contributed by atoms with Crippen LogP contribution in [0.4, 0.5) is 11.4 Å². The topological polar surface area (TPSA) is 154 Å². The first-order valence-corrected chi connectivity index (χ1v) is 8.99. The van der Waals surface area contributed by atoms with Crippen molar-refractivity contribution < 1.29 is 24.2 Å². The van der Waals surface area contributed by atoms with Crippen LogP contribution in [-0.4, -0.2) is 27.9 Å². The fraction of sp³-hybridized carbons (Fsp3) is 0. The summed E-state index contributed by atoms with van der Waals surface area (Å²) in [6, 6.07) is 16.7. The summed E-state index contributed by atoms with van der Waals surface area (Å²) in [5.74, 6) is -1.80. The van der Waals surface area contributed by atoms with E-state index in [1.807, 2.05) is 0 Å². The molecule has 0 unspecified atom stereocenters. The predicted molar refractivity (Wildman–Crippen MR) is 113 cm³/mol. The van der Waals surface area contributed by atoms with Crippen molar-refractivity contribution >= 4 is 29.5 Å². The normalized spacial score (nSPS) is 10.5. The number of para-hydroxylation sites is 1. The molecular weight excluding hydrogens is 420 g/mol. The molecule has 0 atom stereocenters. The molecule has 0 fully saturated rings. The third kappa shape index (κ3) is 5.16. The molecule has 0 radical (unpaired) electrons. The lowest BCUT2D eigenvalue weighted by Crippen LogP contribution is -2.17. The van der Waals surface area contributed by atoms with Gasteiger partial charge in [0.15, 0.2) is 0 Å². The summed E-state index contributed by atoms with van der Waals surface area (Å²) >= 11 is 0. The Bertz CT molecular complexity index is 1210. The molecule has 0 aliphatic rings. The minimum Gasteiger partial charge on any atom is -0.415 e. The van der Waals surface area contributed by atoms with Crippen LogP contribution < -0.4 is 10.2 Å². The minimum absolute atomic E-state index is 0.0764. The first-order chi connectivity index (χ1) is 15.4. The summed E-state index contributed by atoms with van der Waals surface area (Å²) in [5, 5.41) is 25.8.